The summed E-state index contributed by atoms with van der Waals surface area (Å²) in [4.78, 5) is 4.21. The minimum absolute atomic E-state index is 0.0299. The number of nitrogens with two attached hydrogens (primary N) is 1. The van der Waals surface area contributed by atoms with Crippen molar-refractivity contribution in [2.24, 2.45) is 10.8 Å². The third-order valence-corrected chi connectivity index (χ3v) is 5.47. The van der Waals surface area contributed by atoms with Gasteiger partial charge < -0.3 is 10.6 Å². The molecule has 0 unspecified atom stereocenters. The summed E-state index contributed by atoms with van der Waals surface area (Å²) in [7, 11) is 0. The van der Waals surface area contributed by atoms with Crippen LogP contribution in [0.25, 0.3) is 0 Å². The van der Waals surface area contributed by atoms with E-state index in [1.54, 1.807) is 0 Å². The highest BCUT2D eigenvalue weighted by molar-refractivity contribution is 7.80. The quantitative estimate of drug-likeness (QED) is 0.417. The standard InChI is InChI=1S/C23H29F2N5S/c1-23(2,3)18-6-4-16(5-7-18)15-29-8-10-30(11-9-29)21-13-19(24)17(12-20(21)25)14-27-28-22(26)31/h4-7,12-14H,8-11,15H2,1-3H3,(H3,26,28,31). The Balaban J connectivity index is 1.59. The molecule has 31 heavy (non-hydrogen) atoms. The van der Waals surface area contributed by atoms with Gasteiger partial charge in [0, 0.05) is 44.4 Å². The molecule has 0 radical (unpaired) electrons. The molecule has 1 aliphatic rings. The van der Waals surface area contributed by atoms with Crippen LogP contribution in [0.2, 0.25) is 0 Å². The molecular formula is C23H29F2N5S. The van der Waals surface area contributed by atoms with Crippen molar-refractivity contribution in [1.82, 2.24) is 10.3 Å². The summed E-state index contributed by atoms with van der Waals surface area (Å²) in [5, 5.41) is 3.64. The molecule has 0 aliphatic carbocycles. The third-order valence-electron chi connectivity index (χ3n) is 5.38. The van der Waals surface area contributed by atoms with Crippen LogP contribution in [0.15, 0.2) is 41.5 Å². The van der Waals surface area contributed by atoms with Crippen molar-refractivity contribution >= 4 is 29.2 Å². The number of hydrogen-bond donors (Lipinski definition) is 2. The van der Waals surface area contributed by atoms with E-state index in [4.69, 9.17) is 5.73 Å². The highest BCUT2D eigenvalue weighted by Crippen LogP contribution is 2.25. The summed E-state index contributed by atoms with van der Waals surface area (Å²) in [6.45, 7) is 10.3. The van der Waals surface area contributed by atoms with Gasteiger partial charge >= 0.3 is 0 Å². The molecule has 0 amide bonds. The van der Waals surface area contributed by atoms with Gasteiger partial charge in [-0.2, -0.15) is 5.10 Å². The Morgan fingerprint density at radius 2 is 1.74 bits per heavy atom. The lowest BCUT2D eigenvalue weighted by atomic mass is 9.87. The second kappa shape index (κ2) is 9.70. The molecule has 0 spiro atoms. The summed E-state index contributed by atoms with van der Waals surface area (Å²) in [5.74, 6) is -1.03. The van der Waals surface area contributed by atoms with E-state index in [9.17, 15) is 8.78 Å². The Morgan fingerprint density at radius 1 is 1.10 bits per heavy atom. The first-order valence-corrected chi connectivity index (χ1v) is 10.7. The Hall–Kier alpha value is -2.58. The lowest BCUT2D eigenvalue weighted by molar-refractivity contribution is 0.249. The van der Waals surface area contributed by atoms with Crippen molar-refractivity contribution in [3.8, 4) is 0 Å². The molecule has 0 bridgehead atoms. The summed E-state index contributed by atoms with van der Waals surface area (Å²) < 4.78 is 29.0. The molecule has 1 heterocycles. The summed E-state index contributed by atoms with van der Waals surface area (Å²) in [6, 6.07) is 11.1. The van der Waals surface area contributed by atoms with E-state index in [2.05, 4.69) is 72.7 Å². The maximum absolute atomic E-state index is 14.6. The Morgan fingerprint density at radius 3 is 2.32 bits per heavy atom. The first-order valence-electron chi connectivity index (χ1n) is 10.3. The Bertz CT molecular complexity index is 946. The third kappa shape index (κ3) is 6.21. The van der Waals surface area contributed by atoms with Gasteiger partial charge in [0.15, 0.2) is 5.11 Å². The maximum atomic E-state index is 14.6. The summed E-state index contributed by atoms with van der Waals surface area (Å²) in [6.07, 6.45) is 1.16. The van der Waals surface area contributed by atoms with Crippen molar-refractivity contribution in [3.63, 3.8) is 0 Å². The molecular weight excluding hydrogens is 416 g/mol. The zero-order valence-electron chi connectivity index (χ0n) is 18.2. The topological polar surface area (TPSA) is 56.9 Å². The van der Waals surface area contributed by atoms with Gasteiger partial charge in [0.25, 0.3) is 0 Å². The van der Waals surface area contributed by atoms with Gasteiger partial charge in [-0.25, -0.2) is 8.78 Å². The molecule has 2 aromatic rings. The predicted octanol–water partition coefficient (Wildman–Crippen LogP) is 3.75. The minimum Gasteiger partial charge on any atom is -0.375 e. The van der Waals surface area contributed by atoms with E-state index >= 15 is 0 Å². The van der Waals surface area contributed by atoms with Gasteiger partial charge in [-0.1, -0.05) is 45.0 Å². The molecule has 0 saturated carbocycles. The normalized spacial score (nSPS) is 15.5. The van der Waals surface area contributed by atoms with Gasteiger partial charge in [0.1, 0.15) is 11.6 Å². The molecule has 5 nitrogen and oxygen atoms in total. The van der Waals surface area contributed by atoms with Crippen LogP contribution in [0.4, 0.5) is 14.5 Å². The van der Waals surface area contributed by atoms with Crippen LogP contribution < -0.4 is 16.1 Å². The fourth-order valence-corrected chi connectivity index (χ4v) is 3.63. The minimum atomic E-state index is -0.550. The average Bonchev–Trinajstić information content (AvgIpc) is 2.70. The second-order valence-electron chi connectivity index (χ2n) is 8.77. The Labute approximate surface area is 187 Å². The van der Waals surface area contributed by atoms with Crippen molar-refractivity contribution in [2.45, 2.75) is 32.7 Å². The molecule has 1 saturated heterocycles. The van der Waals surface area contributed by atoms with E-state index in [-0.39, 0.29) is 21.8 Å². The van der Waals surface area contributed by atoms with Crippen LogP contribution in [0.5, 0.6) is 0 Å². The number of anilines is 1. The smallest absolute Gasteiger partial charge is 0.184 e. The highest BCUT2D eigenvalue weighted by atomic mass is 32.1. The van der Waals surface area contributed by atoms with Gasteiger partial charge in [-0.3, -0.25) is 10.3 Å². The van der Waals surface area contributed by atoms with Crippen LogP contribution in [0.3, 0.4) is 0 Å². The van der Waals surface area contributed by atoms with Crippen LogP contribution >= 0.6 is 12.2 Å². The van der Waals surface area contributed by atoms with Gasteiger partial charge in [-0.05, 0) is 34.8 Å². The molecule has 8 heteroatoms. The van der Waals surface area contributed by atoms with Crippen molar-refractivity contribution < 1.29 is 8.78 Å². The lowest BCUT2D eigenvalue weighted by Crippen LogP contribution is -2.46. The lowest BCUT2D eigenvalue weighted by Gasteiger charge is -2.36. The fourth-order valence-electron chi connectivity index (χ4n) is 3.57. The van der Waals surface area contributed by atoms with Gasteiger partial charge in [0.2, 0.25) is 0 Å². The summed E-state index contributed by atoms with van der Waals surface area (Å²) in [5.41, 5.74) is 10.6. The number of nitrogens with one attached hydrogen (secondary N) is 1. The zero-order chi connectivity index (χ0) is 22.6. The molecule has 1 aliphatic heterocycles. The van der Waals surface area contributed by atoms with E-state index in [0.717, 1.165) is 31.9 Å². The monoisotopic (exact) mass is 445 g/mol. The number of nitrogens with zero attached hydrogens (tertiary/aromatic N) is 3. The molecule has 2 aromatic carbocycles. The second-order valence-corrected chi connectivity index (χ2v) is 9.21. The fraction of sp³-hybridized carbons (Fsp3) is 0.391. The zero-order valence-corrected chi connectivity index (χ0v) is 19.0. The summed E-state index contributed by atoms with van der Waals surface area (Å²) >= 11 is 4.62. The van der Waals surface area contributed by atoms with Crippen molar-refractivity contribution in [3.05, 3.63) is 64.7 Å². The highest BCUT2D eigenvalue weighted by Gasteiger charge is 2.21. The van der Waals surface area contributed by atoms with Crippen molar-refractivity contribution in [2.75, 3.05) is 31.1 Å². The number of piperazine rings is 1. The predicted molar refractivity (Wildman–Crippen MR) is 127 cm³/mol. The number of rotatable bonds is 5. The van der Waals surface area contributed by atoms with Crippen LogP contribution in [-0.2, 0) is 12.0 Å². The molecule has 166 valence electrons. The Kier molecular flexibility index (Phi) is 7.23. The number of halogens is 2. The van der Waals surface area contributed by atoms with Crippen molar-refractivity contribution in [1.29, 1.82) is 0 Å². The maximum Gasteiger partial charge on any atom is 0.184 e. The number of thiocarbonyl (C=S) groups is 1. The molecule has 3 N–H and O–H groups in total. The van der Waals surface area contributed by atoms with E-state index < -0.39 is 11.6 Å². The first-order chi connectivity index (χ1) is 14.6. The average molecular weight is 446 g/mol. The van der Waals surface area contributed by atoms with Gasteiger partial charge in [0.05, 0.1) is 11.9 Å². The van der Waals surface area contributed by atoms with Gasteiger partial charge in [-0.15, -0.1) is 0 Å². The SMILES string of the molecule is CC(C)(C)c1ccc(CN2CCN(c3cc(F)c(C=NNC(N)=S)cc3F)CC2)cc1. The number of hydrazone groups is 1. The van der Waals surface area contributed by atoms with Crippen LogP contribution in [-0.4, -0.2) is 42.4 Å². The van der Waals surface area contributed by atoms with Crippen LogP contribution in [0, 0.1) is 11.6 Å². The number of hydrogen-bond acceptors (Lipinski definition) is 4. The number of benzene rings is 2. The van der Waals surface area contributed by atoms with Crippen LogP contribution in [0.1, 0.15) is 37.5 Å². The molecule has 0 aromatic heterocycles. The molecule has 3 rings (SSSR count). The first kappa shape index (κ1) is 23.1. The largest absolute Gasteiger partial charge is 0.375 e. The van der Waals surface area contributed by atoms with E-state index in [1.165, 1.54) is 17.2 Å². The van der Waals surface area contributed by atoms with E-state index in [1.807, 2.05) is 4.90 Å². The molecule has 0 atom stereocenters. The molecule has 1 fully saturated rings. The van der Waals surface area contributed by atoms with E-state index in [0.29, 0.717) is 13.1 Å².